The summed E-state index contributed by atoms with van der Waals surface area (Å²) >= 11 is 0. The highest BCUT2D eigenvalue weighted by atomic mass is 14.5. The third-order valence-electron chi connectivity index (χ3n) is 3.61. The summed E-state index contributed by atoms with van der Waals surface area (Å²) in [5, 5.41) is 0. The largest absolute Gasteiger partial charge is 0.0887 e. The lowest BCUT2D eigenvalue weighted by atomic mass is 9.97. The topological polar surface area (TPSA) is 0 Å². The Morgan fingerprint density at radius 2 is 2.17 bits per heavy atom. The van der Waals surface area contributed by atoms with Crippen LogP contribution in [-0.4, -0.2) is 0 Å². The molecule has 0 heterocycles. The van der Waals surface area contributed by atoms with Crippen LogP contribution in [0.4, 0.5) is 0 Å². The van der Waals surface area contributed by atoms with Crippen molar-refractivity contribution in [2.75, 3.05) is 0 Å². The van der Waals surface area contributed by atoms with Gasteiger partial charge in [-0.25, -0.2) is 0 Å². The molecule has 0 amide bonds. The second kappa shape index (κ2) is 3.64. The highest BCUT2D eigenvalue weighted by Gasteiger charge is 2.45. The molecule has 70 valence electrons. The molecule has 2 atom stereocenters. The van der Waals surface area contributed by atoms with Crippen molar-refractivity contribution in [3.63, 3.8) is 0 Å². The first-order valence-corrected chi connectivity index (χ1v) is 5.20. The van der Waals surface area contributed by atoms with E-state index in [0.717, 1.165) is 5.92 Å². The molecule has 0 nitrogen and oxygen atoms in total. The smallest absolute Gasteiger partial charge is 0.0297 e. The summed E-state index contributed by atoms with van der Waals surface area (Å²) < 4.78 is 0. The summed E-state index contributed by atoms with van der Waals surface area (Å²) in [5.74, 6) is 0.989. The highest BCUT2D eigenvalue weighted by molar-refractivity contribution is 4.99. The van der Waals surface area contributed by atoms with Crippen molar-refractivity contribution in [3.8, 4) is 0 Å². The van der Waals surface area contributed by atoms with Crippen molar-refractivity contribution < 1.29 is 0 Å². The molecular formula is C12H22. The molecule has 0 saturated heterocycles. The number of hydrogen-bond acceptors (Lipinski definition) is 0. The van der Waals surface area contributed by atoms with Crippen LogP contribution in [0.25, 0.3) is 0 Å². The Bertz CT molecular complexity index is 178. The minimum absolute atomic E-state index is 0.716. The molecule has 0 aromatic rings. The van der Waals surface area contributed by atoms with Crippen molar-refractivity contribution >= 4 is 0 Å². The fourth-order valence-corrected chi connectivity index (χ4v) is 1.90. The van der Waals surface area contributed by atoms with Crippen LogP contribution in [0.3, 0.4) is 0 Å². The molecule has 1 saturated carbocycles. The van der Waals surface area contributed by atoms with Crippen LogP contribution in [0.1, 0.15) is 53.4 Å². The van der Waals surface area contributed by atoms with E-state index in [9.17, 15) is 0 Å². The van der Waals surface area contributed by atoms with E-state index in [1.165, 1.54) is 25.7 Å². The second-order valence-electron chi connectivity index (χ2n) is 4.75. The molecule has 0 N–H and O–H groups in total. The van der Waals surface area contributed by atoms with E-state index >= 15 is 0 Å². The van der Waals surface area contributed by atoms with Crippen LogP contribution >= 0.6 is 0 Å². The Morgan fingerprint density at radius 3 is 2.58 bits per heavy atom. The zero-order valence-corrected chi connectivity index (χ0v) is 8.98. The van der Waals surface area contributed by atoms with Crippen molar-refractivity contribution in [2.24, 2.45) is 11.3 Å². The maximum Gasteiger partial charge on any atom is -0.0297 e. The first-order valence-electron chi connectivity index (χ1n) is 5.20. The molecule has 1 fully saturated rings. The first-order chi connectivity index (χ1) is 5.58. The van der Waals surface area contributed by atoms with Crippen LogP contribution in [0.5, 0.6) is 0 Å². The van der Waals surface area contributed by atoms with Crippen LogP contribution in [0.2, 0.25) is 0 Å². The van der Waals surface area contributed by atoms with Gasteiger partial charge < -0.3 is 0 Å². The van der Waals surface area contributed by atoms with Gasteiger partial charge in [0, 0.05) is 0 Å². The van der Waals surface area contributed by atoms with Crippen molar-refractivity contribution in [1.82, 2.24) is 0 Å². The van der Waals surface area contributed by atoms with Gasteiger partial charge in [-0.3, -0.25) is 0 Å². The number of hydrogen-bond donors (Lipinski definition) is 0. The minimum Gasteiger partial charge on any atom is -0.0887 e. The molecule has 0 radical (unpaired) electrons. The normalized spacial score (nSPS) is 35.3. The molecule has 0 spiro atoms. The van der Waals surface area contributed by atoms with Gasteiger partial charge in [-0.15, -0.1) is 0 Å². The molecule has 1 rings (SSSR count). The van der Waals surface area contributed by atoms with Gasteiger partial charge in [0.25, 0.3) is 0 Å². The van der Waals surface area contributed by atoms with E-state index in [1.807, 2.05) is 0 Å². The zero-order valence-electron chi connectivity index (χ0n) is 8.98. The van der Waals surface area contributed by atoms with E-state index in [1.54, 1.807) is 5.57 Å². The summed E-state index contributed by atoms with van der Waals surface area (Å²) in [6.45, 7) is 9.18. The SMILES string of the molecule is CC=C(C)CCCC1(C)CC1C. The van der Waals surface area contributed by atoms with Gasteiger partial charge in [-0.05, 0) is 50.9 Å². The zero-order chi connectivity index (χ0) is 9.19. The second-order valence-corrected chi connectivity index (χ2v) is 4.75. The molecule has 0 aromatic heterocycles. The standard InChI is InChI=1S/C12H22/c1-5-10(2)7-6-8-12(4)9-11(12)3/h5,11H,6-9H2,1-4H3. The molecule has 0 aromatic carbocycles. The molecule has 12 heavy (non-hydrogen) atoms. The van der Waals surface area contributed by atoms with E-state index in [0.29, 0.717) is 5.41 Å². The quantitative estimate of drug-likeness (QED) is 0.550. The maximum atomic E-state index is 2.43. The maximum absolute atomic E-state index is 2.43. The van der Waals surface area contributed by atoms with Crippen molar-refractivity contribution in [1.29, 1.82) is 0 Å². The summed E-state index contributed by atoms with van der Waals surface area (Å²) in [5.41, 5.74) is 2.26. The van der Waals surface area contributed by atoms with Gasteiger partial charge in [-0.1, -0.05) is 25.5 Å². The number of allylic oxidation sites excluding steroid dienone is 2. The third-order valence-corrected chi connectivity index (χ3v) is 3.61. The van der Waals surface area contributed by atoms with E-state index in [2.05, 4.69) is 33.8 Å². The average Bonchev–Trinajstić information content (AvgIpc) is 2.59. The lowest BCUT2D eigenvalue weighted by Crippen LogP contribution is -1.96. The Hall–Kier alpha value is -0.260. The monoisotopic (exact) mass is 166 g/mol. The first kappa shape index (κ1) is 9.83. The fourth-order valence-electron chi connectivity index (χ4n) is 1.90. The van der Waals surface area contributed by atoms with Crippen LogP contribution in [0.15, 0.2) is 11.6 Å². The summed E-state index contributed by atoms with van der Waals surface area (Å²) in [6, 6.07) is 0. The van der Waals surface area contributed by atoms with Crippen molar-refractivity contribution in [3.05, 3.63) is 11.6 Å². The lowest BCUT2D eigenvalue weighted by molar-refractivity contribution is 0.456. The van der Waals surface area contributed by atoms with Gasteiger partial charge >= 0.3 is 0 Å². The predicted molar refractivity (Wildman–Crippen MR) is 55.2 cm³/mol. The molecule has 1 aliphatic rings. The summed E-state index contributed by atoms with van der Waals surface area (Å²) in [4.78, 5) is 0. The Kier molecular flexibility index (Phi) is 2.98. The number of rotatable bonds is 4. The lowest BCUT2D eigenvalue weighted by Gasteiger charge is -2.08. The molecule has 0 aliphatic heterocycles. The van der Waals surface area contributed by atoms with Crippen LogP contribution in [0, 0.1) is 11.3 Å². The average molecular weight is 166 g/mol. The van der Waals surface area contributed by atoms with Crippen molar-refractivity contribution in [2.45, 2.75) is 53.4 Å². The Labute approximate surface area is 77.1 Å². The summed E-state index contributed by atoms with van der Waals surface area (Å²) in [6.07, 6.45) is 7.82. The van der Waals surface area contributed by atoms with E-state index in [-0.39, 0.29) is 0 Å². The van der Waals surface area contributed by atoms with Gasteiger partial charge in [0.15, 0.2) is 0 Å². The van der Waals surface area contributed by atoms with Crippen LogP contribution in [-0.2, 0) is 0 Å². The van der Waals surface area contributed by atoms with E-state index in [4.69, 9.17) is 0 Å². The highest BCUT2D eigenvalue weighted by Crippen LogP contribution is 2.55. The molecule has 2 unspecified atom stereocenters. The molecule has 0 heteroatoms. The molecule has 0 bridgehead atoms. The summed E-state index contributed by atoms with van der Waals surface area (Å²) in [7, 11) is 0. The van der Waals surface area contributed by atoms with Crippen LogP contribution < -0.4 is 0 Å². The van der Waals surface area contributed by atoms with E-state index < -0.39 is 0 Å². The molecular weight excluding hydrogens is 144 g/mol. The van der Waals surface area contributed by atoms with Gasteiger partial charge in [-0.2, -0.15) is 0 Å². The fraction of sp³-hybridized carbons (Fsp3) is 0.833. The Balaban J connectivity index is 2.11. The van der Waals surface area contributed by atoms with Gasteiger partial charge in [0.2, 0.25) is 0 Å². The predicted octanol–water partition coefficient (Wildman–Crippen LogP) is 4.17. The third kappa shape index (κ3) is 2.36. The van der Waals surface area contributed by atoms with Gasteiger partial charge in [0.1, 0.15) is 0 Å². The minimum atomic E-state index is 0.716. The molecule has 1 aliphatic carbocycles. The van der Waals surface area contributed by atoms with Gasteiger partial charge in [0.05, 0.1) is 0 Å². The Morgan fingerprint density at radius 1 is 1.58 bits per heavy atom.